The van der Waals surface area contributed by atoms with E-state index in [1.807, 2.05) is 50.2 Å². The third kappa shape index (κ3) is 4.17. The first-order valence-electron chi connectivity index (χ1n) is 10.3. The van der Waals surface area contributed by atoms with Gasteiger partial charge in [0.1, 0.15) is 17.2 Å². The zero-order valence-electron chi connectivity index (χ0n) is 18.7. The van der Waals surface area contributed by atoms with Gasteiger partial charge in [-0.15, -0.1) is 0 Å². The first-order valence-corrected chi connectivity index (χ1v) is 10.7. The average Bonchev–Trinajstić information content (AvgIpc) is 3.05. The molecule has 0 unspecified atom stereocenters. The number of benzene rings is 3. The highest BCUT2D eigenvalue weighted by atomic mass is 35.5. The Labute approximate surface area is 197 Å². The van der Waals surface area contributed by atoms with E-state index < -0.39 is 11.8 Å². The second-order valence-corrected chi connectivity index (χ2v) is 8.10. The highest BCUT2D eigenvalue weighted by Gasteiger charge is 2.41. The molecular formula is C26H23ClN2O4. The van der Waals surface area contributed by atoms with Crippen LogP contribution in [0.5, 0.6) is 11.5 Å². The summed E-state index contributed by atoms with van der Waals surface area (Å²) in [6, 6.07) is 17.8. The van der Waals surface area contributed by atoms with Crippen molar-refractivity contribution in [2.24, 2.45) is 0 Å². The fraction of sp³-hybridized carbons (Fsp3) is 0.154. The third-order valence-corrected chi connectivity index (χ3v) is 5.90. The van der Waals surface area contributed by atoms with Crippen molar-refractivity contribution in [1.82, 2.24) is 0 Å². The van der Waals surface area contributed by atoms with Crippen molar-refractivity contribution >= 4 is 40.4 Å². The summed E-state index contributed by atoms with van der Waals surface area (Å²) in [6.45, 7) is 3.85. The van der Waals surface area contributed by atoms with Crippen LogP contribution < -0.4 is 19.7 Å². The molecule has 3 aromatic rings. The van der Waals surface area contributed by atoms with Gasteiger partial charge in [-0.05, 0) is 49.2 Å². The number of nitrogens with zero attached hydrogens (tertiary/aromatic N) is 1. The Morgan fingerprint density at radius 2 is 1.58 bits per heavy atom. The zero-order chi connectivity index (χ0) is 23.7. The molecule has 1 aliphatic heterocycles. The number of aryl methyl sites for hydroxylation is 2. The summed E-state index contributed by atoms with van der Waals surface area (Å²) < 4.78 is 10.7. The second kappa shape index (κ2) is 9.00. The molecule has 6 nitrogen and oxygen atoms in total. The van der Waals surface area contributed by atoms with Crippen LogP contribution >= 0.6 is 11.6 Å². The number of nitrogens with one attached hydrogen (secondary N) is 1. The Hall–Kier alpha value is -3.77. The molecule has 0 saturated heterocycles. The van der Waals surface area contributed by atoms with Gasteiger partial charge in [0.15, 0.2) is 0 Å². The average molecular weight is 463 g/mol. The summed E-state index contributed by atoms with van der Waals surface area (Å²) in [7, 11) is 3.01. The molecule has 1 N–H and O–H groups in total. The molecule has 0 atom stereocenters. The summed E-state index contributed by atoms with van der Waals surface area (Å²) in [4.78, 5) is 28.4. The van der Waals surface area contributed by atoms with Gasteiger partial charge in [-0.2, -0.15) is 0 Å². The molecule has 168 valence electrons. The van der Waals surface area contributed by atoms with Gasteiger partial charge in [-0.1, -0.05) is 47.5 Å². The van der Waals surface area contributed by atoms with Gasteiger partial charge in [0, 0.05) is 16.8 Å². The van der Waals surface area contributed by atoms with Crippen LogP contribution in [0, 0.1) is 13.8 Å². The van der Waals surface area contributed by atoms with Crippen LogP contribution in [0.2, 0.25) is 5.02 Å². The number of carbonyl (C=O) groups excluding carboxylic acids is 2. The molecule has 7 heteroatoms. The van der Waals surface area contributed by atoms with Crippen LogP contribution in [0.1, 0.15) is 16.7 Å². The Bertz CT molecular complexity index is 1280. The largest absolute Gasteiger partial charge is 0.497 e. The molecule has 3 aromatic carbocycles. The molecule has 2 amide bonds. The van der Waals surface area contributed by atoms with Gasteiger partial charge >= 0.3 is 0 Å². The highest BCUT2D eigenvalue weighted by molar-refractivity contribution is 6.46. The molecule has 0 spiro atoms. The summed E-state index contributed by atoms with van der Waals surface area (Å²) in [5, 5.41) is 3.69. The van der Waals surface area contributed by atoms with E-state index in [2.05, 4.69) is 5.32 Å². The molecule has 4 rings (SSSR count). The van der Waals surface area contributed by atoms with Crippen LogP contribution in [0.3, 0.4) is 0 Å². The van der Waals surface area contributed by atoms with Gasteiger partial charge in [-0.3, -0.25) is 9.59 Å². The van der Waals surface area contributed by atoms with Gasteiger partial charge in [0.25, 0.3) is 11.8 Å². The SMILES string of the molecule is COc1ccc(N2C(=O)C(Nc3ccc(C)c(Cl)c3)=C(c3ccc(C)cc3)C2=O)c(OC)c1. The smallest absolute Gasteiger partial charge is 0.282 e. The predicted molar refractivity (Wildman–Crippen MR) is 130 cm³/mol. The molecule has 1 heterocycles. The topological polar surface area (TPSA) is 67.9 Å². The lowest BCUT2D eigenvalue weighted by atomic mass is 10.0. The molecule has 0 aliphatic carbocycles. The van der Waals surface area contributed by atoms with E-state index in [1.165, 1.54) is 14.2 Å². The number of imide groups is 1. The first-order chi connectivity index (χ1) is 15.8. The Morgan fingerprint density at radius 3 is 2.21 bits per heavy atom. The number of amides is 2. The lowest BCUT2D eigenvalue weighted by Gasteiger charge is -2.19. The van der Waals surface area contributed by atoms with E-state index in [9.17, 15) is 9.59 Å². The molecule has 0 fully saturated rings. The van der Waals surface area contributed by atoms with E-state index in [1.54, 1.807) is 24.3 Å². The number of carbonyl (C=O) groups is 2. The monoisotopic (exact) mass is 462 g/mol. The van der Waals surface area contributed by atoms with Crippen LogP contribution in [0.15, 0.2) is 66.4 Å². The normalized spacial score (nSPS) is 13.5. The van der Waals surface area contributed by atoms with Crippen molar-refractivity contribution < 1.29 is 19.1 Å². The zero-order valence-corrected chi connectivity index (χ0v) is 19.5. The fourth-order valence-corrected chi connectivity index (χ4v) is 3.82. The standard InChI is InChI=1S/C26H23ClN2O4/c1-15-5-8-17(9-6-15)23-24(28-18-10-7-16(2)20(27)13-18)26(31)29(25(23)30)21-12-11-19(32-3)14-22(21)33-4/h5-14,28H,1-4H3. The number of hydrogen-bond acceptors (Lipinski definition) is 5. The Balaban J connectivity index is 1.84. The minimum absolute atomic E-state index is 0.168. The quantitative estimate of drug-likeness (QED) is 0.499. The minimum Gasteiger partial charge on any atom is -0.497 e. The number of anilines is 2. The molecule has 0 radical (unpaired) electrons. The molecule has 1 aliphatic rings. The second-order valence-electron chi connectivity index (χ2n) is 7.69. The van der Waals surface area contributed by atoms with Crippen molar-refractivity contribution in [2.75, 3.05) is 24.4 Å². The number of hydrogen-bond donors (Lipinski definition) is 1. The maximum atomic E-state index is 13.6. The molecule has 33 heavy (non-hydrogen) atoms. The van der Waals surface area contributed by atoms with Gasteiger partial charge < -0.3 is 14.8 Å². The van der Waals surface area contributed by atoms with Crippen LogP contribution in [-0.2, 0) is 9.59 Å². The molecule has 0 saturated carbocycles. The van der Waals surface area contributed by atoms with Crippen LogP contribution in [0.25, 0.3) is 5.57 Å². The van der Waals surface area contributed by atoms with E-state index in [0.29, 0.717) is 33.5 Å². The van der Waals surface area contributed by atoms with E-state index >= 15 is 0 Å². The van der Waals surface area contributed by atoms with Crippen molar-refractivity contribution in [3.05, 3.63) is 88.1 Å². The molecule has 0 aromatic heterocycles. The fourth-order valence-electron chi connectivity index (χ4n) is 3.64. The summed E-state index contributed by atoms with van der Waals surface area (Å²) >= 11 is 6.28. The first kappa shape index (κ1) is 22.4. The van der Waals surface area contributed by atoms with Gasteiger partial charge in [-0.25, -0.2) is 4.90 Å². The maximum Gasteiger partial charge on any atom is 0.282 e. The van der Waals surface area contributed by atoms with Crippen LogP contribution in [0.4, 0.5) is 11.4 Å². The number of methoxy groups -OCH3 is 2. The predicted octanol–water partition coefficient (Wildman–Crippen LogP) is 5.37. The summed E-state index contributed by atoms with van der Waals surface area (Å²) in [5.41, 5.74) is 3.97. The van der Waals surface area contributed by atoms with Crippen LogP contribution in [-0.4, -0.2) is 26.0 Å². The van der Waals surface area contributed by atoms with Crippen molar-refractivity contribution in [3.63, 3.8) is 0 Å². The number of halogens is 1. The van der Waals surface area contributed by atoms with Crippen molar-refractivity contribution in [1.29, 1.82) is 0 Å². The lowest BCUT2D eigenvalue weighted by Crippen LogP contribution is -2.32. The Kier molecular flexibility index (Phi) is 6.11. The summed E-state index contributed by atoms with van der Waals surface area (Å²) in [5.74, 6) is -0.0447. The molecular weight excluding hydrogens is 440 g/mol. The van der Waals surface area contributed by atoms with Gasteiger partial charge in [0.2, 0.25) is 0 Å². The summed E-state index contributed by atoms with van der Waals surface area (Å²) in [6.07, 6.45) is 0. The van der Waals surface area contributed by atoms with E-state index in [-0.39, 0.29) is 11.3 Å². The van der Waals surface area contributed by atoms with Gasteiger partial charge in [0.05, 0.1) is 25.5 Å². The number of ether oxygens (including phenoxy) is 2. The van der Waals surface area contributed by atoms with Crippen molar-refractivity contribution in [2.45, 2.75) is 13.8 Å². The van der Waals surface area contributed by atoms with E-state index in [0.717, 1.165) is 16.0 Å². The lowest BCUT2D eigenvalue weighted by molar-refractivity contribution is -0.120. The van der Waals surface area contributed by atoms with E-state index in [4.69, 9.17) is 21.1 Å². The number of rotatable bonds is 6. The minimum atomic E-state index is -0.490. The third-order valence-electron chi connectivity index (χ3n) is 5.49. The Morgan fingerprint density at radius 1 is 0.848 bits per heavy atom. The highest BCUT2D eigenvalue weighted by Crippen LogP contribution is 2.39. The maximum absolute atomic E-state index is 13.6. The molecule has 0 bridgehead atoms. The van der Waals surface area contributed by atoms with Crippen molar-refractivity contribution in [3.8, 4) is 11.5 Å².